The van der Waals surface area contributed by atoms with Crippen molar-refractivity contribution in [1.29, 1.82) is 0 Å². The minimum absolute atomic E-state index is 0.231. The van der Waals surface area contributed by atoms with Gasteiger partial charge in [0.05, 0.1) is 25.6 Å². The van der Waals surface area contributed by atoms with Crippen LogP contribution in [0.3, 0.4) is 0 Å². The second-order valence-corrected chi connectivity index (χ2v) is 4.76. The van der Waals surface area contributed by atoms with Crippen LogP contribution in [0.2, 0.25) is 0 Å². The lowest BCUT2D eigenvalue weighted by molar-refractivity contribution is -0.0261. The maximum atomic E-state index is 6.04. The molecule has 0 saturated heterocycles. The summed E-state index contributed by atoms with van der Waals surface area (Å²) in [4.78, 5) is 0. The standard InChI is InChI=1S/C15H20O2/c1-12-8-9-16-10-13(2)15(12)17-11-14-6-4-3-5-7-14/h3-9,12-13,15H,10-11H2,1-2H3. The third-order valence-corrected chi connectivity index (χ3v) is 3.20. The van der Waals surface area contributed by atoms with Gasteiger partial charge in [-0.15, -0.1) is 0 Å². The summed E-state index contributed by atoms with van der Waals surface area (Å²) >= 11 is 0. The van der Waals surface area contributed by atoms with Gasteiger partial charge < -0.3 is 9.47 Å². The van der Waals surface area contributed by atoms with Gasteiger partial charge in [0.15, 0.2) is 0 Å². The van der Waals surface area contributed by atoms with Crippen LogP contribution >= 0.6 is 0 Å². The van der Waals surface area contributed by atoms with Crippen molar-refractivity contribution in [3.63, 3.8) is 0 Å². The molecule has 3 unspecified atom stereocenters. The van der Waals surface area contributed by atoms with Crippen molar-refractivity contribution in [2.75, 3.05) is 6.61 Å². The Labute approximate surface area is 103 Å². The van der Waals surface area contributed by atoms with Gasteiger partial charge in [0.25, 0.3) is 0 Å². The molecule has 2 rings (SSSR count). The number of hydrogen-bond acceptors (Lipinski definition) is 2. The summed E-state index contributed by atoms with van der Waals surface area (Å²) in [6.07, 6.45) is 4.11. The van der Waals surface area contributed by atoms with Crippen molar-refractivity contribution in [2.45, 2.75) is 26.6 Å². The Kier molecular flexibility index (Phi) is 4.21. The van der Waals surface area contributed by atoms with Gasteiger partial charge in [0.2, 0.25) is 0 Å². The van der Waals surface area contributed by atoms with Crippen molar-refractivity contribution in [3.8, 4) is 0 Å². The van der Waals surface area contributed by atoms with Crippen LogP contribution < -0.4 is 0 Å². The molecule has 3 atom stereocenters. The molecule has 0 N–H and O–H groups in total. The first-order valence-corrected chi connectivity index (χ1v) is 6.21. The van der Waals surface area contributed by atoms with Crippen LogP contribution in [-0.4, -0.2) is 12.7 Å². The van der Waals surface area contributed by atoms with Gasteiger partial charge in [0, 0.05) is 11.8 Å². The number of benzene rings is 1. The smallest absolute Gasteiger partial charge is 0.0923 e. The molecule has 0 aliphatic carbocycles. The number of ether oxygens (including phenoxy) is 2. The Morgan fingerprint density at radius 2 is 2.00 bits per heavy atom. The fourth-order valence-electron chi connectivity index (χ4n) is 2.19. The lowest BCUT2D eigenvalue weighted by Crippen LogP contribution is -2.29. The molecule has 2 nitrogen and oxygen atoms in total. The fourth-order valence-corrected chi connectivity index (χ4v) is 2.19. The largest absolute Gasteiger partial charge is 0.501 e. The third-order valence-electron chi connectivity index (χ3n) is 3.20. The highest BCUT2D eigenvalue weighted by Gasteiger charge is 2.25. The molecule has 0 spiro atoms. The average Bonchev–Trinajstić information content (AvgIpc) is 2.50. The van der Waals surface area contributed by atoms with E-state index in [0.717, 1.165) is 6.61 Å². The molecule has 0 amide bonds. The van der Waals surface area contributed by atoms with E-state index in [1.165, 1.54) is 5.56 Å². The molecule has 92 valence electrons. The van der Waals surface area contributed by atoms with Crippen LogP contribution in [0.5, 0.6) is 0 Å². The minimum Gasteiger partial charge on any atom is -0.501 e. The minimum atomic E-state index is 0.231. The first kappa shape index (κ1) is 12.2. The van der Waals surface area contributed by atoms with Gasteiger partial charge in [-0.25, -0.2) is 0 Å². The molecule has 17 heavy (non-hydrogen) atoms. The lowest BCUT2D eigenvalue weighted by atomic mass is 9.94. The summed E-state index contributed by atoms with van der Waals surface area (Å²) in [6.45, 7) is 5.77. The molecule has 1 aliphatic heterocycles. The van der Waals surface area contributed by atoms with E-state index in [1.54, 1.807) is 6.26 Å². The van der Waals surface area contributed by atoms with Crippen molar-refractivity contribution in [3.05, 3.63) is 48.2 Å². The second kappa shape index (κ2) is 5.87. The summed E-state index contributed by atoms with van der Waals surface area (Å²) in [5.74, 6) is 0.819. The van der Waals surface area contributed by atoms with Crippen LogP contribution in [0.25, 0.3) is 0 Å². The normalized spacial score (nSPS) is 28.5. The SMILES string of the molecule is CC1C=COCC(C)C1OCc1ccccc1. The second-order valence-electron chi connectivity index (χ2n) is 4.76. The predicted molar refractivity (Wildman–Crippen MR) is 68.4 cm³/mol. The van der Waals surface area contributed by atoms with Gasteiger partial charge in [-0.1, -0.05) is 44.2 Å². The van der Waals surface area contributed by atoms with Crippen LogP contribution in [0.1, 0.15) is 19.4 Å². The summed E-state index contributed by atoms with van der Waals surface area (Å²) in [5, 5.41) is 0. The Bertz CT molecular complexity index is 358. The van der Waals surface area contributed by atoms with Crippen LogP contribution in [0, 0.1) is 11.8 Å². The van der Waals surface area contributed by atoms with E-state index < -0.39 is 0 Å². The maximum absolute atomic E-state index is 6.04. The maximum Gasteiger partial charge on any atom is 0.0923 e. The summed E-state index contributed by atoms with van der Waals surface area (Å²) in [7, 11) is 0. The van der Waals surface area contributed by atoms with Crippen LogP contribution in [-0.2, 0) is 16.1 Å². The monoisotopic (exact) mass is 232 g/mol. The first-order valence-electron chi connectivity index (χ1n) is 6.21. The number of hydrogen-bond donors (Lipinski definition) is 0. The highest BCUT2D eigenvalue weighted by Crippen LogP contribution is 2.22. The molecule has 1 aliphatic rings. The topological polar surface area (TPSA) is 18.5 Å². The lowest BCUT2D eigenvalue weighted by Gasteiger charge is -2.25. The van der Waals surface area contributed by atoms with E-state index in [4.69, 9.17) is 9.47 Å². The van der Waals surface area contributed by atoms with E-state index in [0.29, 0.717) is 18.4 Å². The fraction of sp³-hybridized carbons (Fsp3) is 0.467. The molecule has 1 heterocycles. The summed E-state index contributed by atoms with van der Waals surface area (Å²) in [6, 6.07) is 10.3. The molecule has 0 saturated carbocycles. The molecular weight excluding hydrogens is 212 g/mol. The van der Waals surface area contributed by atoms with Gasteiger partial charge in [0.1, 0.15) is 0 Å². The van der Waals surface area contributed by atoms with Crippen molar-refractivity contribution < 1.29 is 9.47 Å². The quantitative estimate of drug-likeness (QED) is 0.795. The molecule has 2 heteroatoms. The van der Waals surface area contributed by atoms with Gasteiger partial charge in [-0.05, 0) is 11.6 Å². The Hall–Kier alpha value is -1.28. The van der Waals surface area contributed by atoms with Gasteiger partial charge in [-0.2, -0.15) is 0 Å². The summed E-state index contributed by atoms with van der Waals surface area (Å²) in [5.41, 5.74) is 1.22. The zero-order chi connectivity index (χ0) is 12.1. The molecule has 0 aromatic heterocycles. The molecule has 0 radical (unpaired) electrons. The van der Waals surface area contributed by atoms with Crippen LogP contribution in [0.4, 0.5) is 0 Å². The van der Waals surface area contributed by atoms with E-state index in [2.05, 4.69) is 32.1 Å². The van der Waals surface area contributed by atoms with E-state index in [9.17, 15) is 0 Å². The molecule has 1 aromatic rings. The van der Waals surface area contributed by atoms with Crippen LogP contribution in [0.15, 0.2) is 42.7 Å². The highest BCUT2D eigenvalue weighted by atomic mass is 16.5. The number of rotatable bonds is 3. The van der Waals surface area contributed by atoms with E-state index >= 15 is 0 Å². The Balaban J connectivity index is 1.94. The third kappa shape index (κ3) is 3.34. The molecule has 0 fully saturated rings. The van der Waals surface area contributed by atoms with Crippen molar-refractivity contribution >= 4 is 0 Å². The van der Waals surface area contributed by atoms with E-state index in [-0.39, 0.29) is 6.10 Å². The average molecular weight is 232 g/mol. The highest BCUT2D eigenvalue weighted by molar-refractivity contribution is 5.13. The summed E-state index contributed by atoms with van der Waals surface area (Å²) < 4.78 is 11.4. The Morgan fingerprint density at radius 1 is 1.24 bits per heavy atom. The van der Waals surface area contributed by atoms with Gasteiger partial charge in [-0.3, -0.25) is 0 Å². The predicted octanol–water partition coefficient (Wildman–Crippen LogP) is 3.39. The molecule has 0 bridgehead atoms. The molecular formula is C15H20O2. The first-order chi connectivity index (χ1) is 8.27. The van der Waals surface area contributed by atoms with E-state index in [1.807, 2.05) is 18.2 Å². The van der Waals surface area contributed by atoms with Crippen molar-refractivity contribution in [2.24, 2.45) is 11.8 Å². The van der Waals surface area contributed by atoms with Crippen molar-refractivity contribution in [1.82, 2.24) is 0 Å². The molecule has 1 aromatic carbocycles. The Morgan fingerprint density at radius 3 is 2.76 bits per heavy atom. The van der Waals surface area contributed by atoms with Gasteiger partial charge >= 0.3 is 0 Å². The zero-order valence-electron chi connectivity index (χ0n) is 10.5. The zero-order valence-corrected chi connectivity index (χ0v) is 10.5.